The van der Waals surface area contributed by atoms with Crippen LogP contribution in [0.1, 0.15) is 12.5 Å². The molecule has 2 aromatic rings. The highest BCUT2D eigenvalue weighted by atomic mass is 32.2. The van der Waals surface area contributed by atoms with Crippen molar-refractivity contribution in [3.8, 4) is 0 Å². The van der Waals surface area contributed by atoms with Gasteiger partial charge in [0.15, 0.2) is 0 Å². The molecule has 0 aliphatic carbocycles. The van der Waals surface area contributed by atoms with E-state index in [2.05, 4.69) is 5.32 Å². The van der Waals surface area contributed by atoms with Crippen molar-refractivity contribution in [2.24, 2.45) is 0 Å². The van der Waals surface area contributed by atoms with Gasteiger partial charge in [-0.15, -0.1) is 11.8 Å². The Kier molecular flexibility index (Phi) is 4.85. The number of nitrogens with two attached hydrogens (primary N) is 1. The van der Waals surface area contributed by atoms with E-state index in [-0.39, 0.29) is 17.0 Å². The Morgan fingerprint density at radius 1 is 1.29 bits per heavy atom. The van der Waals surface area contributed by atoms with Gasteiger partial charge in [0, 0.05) is 16.3 Å². The first kappa shape index (κ1) is 15.4. The van der Waals surface area contributed by atoms with Gasteiger partial charge in [-0.05, 0) is 55.8 Å². The van der Waals surface area contributed by atoms with Crippen molar-refractivity contribution in [1.29, 1.82) is 0 Å². The summed E-state index contributed by atoms with van der Waals surface area (Å²) in [6.45, 7) is 3.67. The van der Waals surface area contributed by atoms with Crippen LogP contribution >= 0.6 is 11.8 Å². The Morgan fingerprint density at radius 2 is 2.05 bits per heavy atom. The van der Waals surface area contributed by atoms with Gasteiger partial charge in [0.05, 0.1) is 5.25 Å². The third-order valence-electron chi connectivity index (χ3n) is 2.99. The largest absolute Gasteiger partial charge is 0.399 e. The Bertz CT molecular complexity index is 660. The second-order valence-corrected chi connectivity index (χ2v) is 6.20. The fraction of sp³-hybridized carbons (Fsp3) is 0.188. The fourth-order valence-electron chi connectivity index (χ4n) is 1.86. The molecule has 3 nitrogen and oxygen atoms in total. The number of nitrogen functional groups attached to an aromatic ring is 1. The molecule has 3 N–H and O–H groups in total. The van der Waals surface area contributed by atoms with Gasteiger partial charge in [0.25, 0.3) is 0 Å². The summed E-state index contributed by atoms with van der Waals surface area (Å²) in [7, 11) is 0. The summed E-state index contributed by atoms with van der Waals surface area (Å²) in [6, 6.07) is 11.5. The third kappa shape index (κ3) is 4.23. The molecule has 0 fully saturated rings. The quantitative estimate of drug-likeness (QED) is 0.666. The number of amides is 1. The predicted molar refractivity (Wildman–Crippen MR) is 85.9 cm³/mol. The van der Waals surface area contributed by atoms with E-state index in [1.165, 1.54) is 23.9 Å². The monoisotopic (exact) mass is 304 g/mol. The summed E-state index contributed by atoms with van der Waals surface area (Å²) in [5.41, 5.74) is 7.99. The number of hydrogen-bond donors (Lipinski definition) is 2. The van der Waals surface area contributed by atoms with E-state index in [0.29, 0.717) is 5.69 Å². The summed E-state index contributed by atoms with van der Waals surface area (Å²) in [5.74, 6) is -0.431. The molecule has 1 unspecified atom stereocenters. The van der Waals surface area contributed by atoms with Crippen molar-refractivity contribution in [3.05, 3.63) is 53.8 Å². The van der Waals surface area contributed by atoms with Crippen molar-refractivity contribution in [1.82, 2.24) is 0 Å². The summed E-state index contributed by atoms with van der Waals surface area (Å²) in [6.07, 6.45) is 0. The molecule has 2 aromatic carbocycles. The number of nitrogens with one attached hydrogen (secondary N) is 1. The zero-order chi connectivity index (χ0) is 15.4. The molecule has 0 radical (unpaired) electrons. The molecule has 0 aromatic heterocycles. The molecule has 0 aliphatic heterocycles. The molecule has 1 amide bonds. The number of aryl methyl sites for hydroxylation is 1. The molecule has 0 bridgehead atoms. The number of carbonyl (C=O) groups excluding carboxylic acids is 1. The molecular weight excluding hydrogens is 287 g/mol. The van der Waals surface area contributed by atoms with Crippen LogP contribution in [0.5, 0.6) is 0 Å². The van der Waals surface area contributed by atoms with E-state index in [0.717, 1.165) is 16.1 Å². The number of anilines is 2. The van der Waals surface area contributed by atoms with Gasteiger partial charge in [-0.1, -0.05) is 6.07 Å². The minimum atomic E-state index is -0.330. The molecule has 0 spiro atoms. The maximum absolute atomic E-state index is 13.1. The van der Waals surface area contributed by atoms with Crippen molar-refractivity contribution in [2.45, 2.75) is 24.0 Å². The zero-order valence-corrected chi connectivity index (χ0v) is 12.7. The Hall–Kier alpha value is -2.01. The topological polar surface area (TPSA) is 55.1 Å². The fourth-order valence-corrected chi connectivity index (χ4v) is 2.77. The van der Waals surface area contributed by atoms with Crippen molar-refractivity contribution in [2.75, 3.05) is 11.1 Å². The van der Waals surface area contributed by atoms with Gasteiger partial charge in [0.2, 0.25) is 5.91 Å². The van der Waals surface area contributed by atoms with Crippen LogP contribution in [0.25, 0.3) is 0 Å². The highest BCUT2D eigenvalue weighted by molar-refractivity contribution is 8.00. The van der Waals surface area contributed by atoms with E-state index >= 15 is 0 Å². The molecule has 0 saturated carbocycles. The van der Waals surface area contributed by atoms with Crippen LogP contribution in [0.2, 0.25) is 0 Å². The van der Waals surface area contributed by atoms with Crippen LogP contribution in [0, 0.1) is 12.7 Å². The van der Waals surface area contributed by atoms with Gasteiger partial charge in [-0.3, -0.25) is 4.79 Å². The van der Waals surface area contributed by atoms with E-state index in [1.807, 2.05) is 6.92 Å². The van der Waals surface area contributed by atoms with Crippen molar-refractivity contribution >= 4 is 29.0 Å². The summed E-state index contributed by atoms with van der Waals surface area (Å²) in [5, 5.41) is 2.53. The molecule has 2 rings (SSSR count). The second-order valence-electron chi connectivity index (χ2n) is 4.78. The SMILES string of the molecule is Cc1cc(N)ccc1NC(=O)C(C)Sc1cccc(F)c1. The van der Waals surface area contributed by atoms with Crippen LogP contribution in [-0.4, -0.2) is 11.2 Å². The molecule has 0 heterocycles. The highest BCUT2D eigenvalue weighted by Crippen LogP contribution is 2.25. The zero-order valence-electron chi connectivity index (χ0n) is 11.9. The second kappa shape index (κ2) is 6.63. The van der Waals surface area contributed by atoms with Crippen LogP contribution in [-0.2, 0) is 4.79 Å². The van der Waals surface area contributed by atoms with Crippen molar-refractivity contribution in [3.63, 3.8) is 0 Å². The Balaban J connectivity index is 2.02. The van der Waals surface area contributed by atoms with E-state index in [1.54, 1.807) is 37.3 Å². The summed E-state index contributed by atoms with van der Waals surface area (Å²) in [4.78, 5) is 12.9. The third-order valence-corrected chi connectivity index (χ3v) is 4.08. The minimum Gasteiger partial charge on any atom is -0.399 e. The maximum atomic E-state index is 13.1. The molecule has 5 heteroatoms. The summed E-state index contributed by atoms with van der Waals surface area (Å²) >= 11 is 1.32. The number of hydrogen-bond acceptors (Lipinski definition) is 3. The van der Waals surface area contributed by atoms with E-state index in [4.69, 9.17) is 5.73 Å². The lowest BCUT2D eigenvalue weighted by molar-refractivity contribution is -0.115. The van der Waals surface area contributed by atoms with E-state index in [9.17, 15) is 9.18 Å². The van der Waals surface area contributed by atoms with Crippen LogP contribution in [0.3, 0.4) is 0 Å². The number of halogens is 1. The maximum Gasteiger partial charge on any atom is 0.237 e. The van der Waals surface area contributed by atoms with Crippen LogP contribution < -0.4 is 11.1 Å². The number of thioether (sulfide) groups is 1. The van der Waals surface area contributed by atoms with Gasteiger partial charge < -0.3 is 11.1 Å². The lowest BCUT2D eigenvalue weighted by Gasteiger charge is -2.14. The first-order chi connectivity index (χ1) is 9.95. The van der Waals surface area contributed by atoms with Crippen LogP contribution in [0.15, 0.2) is 47.4 Å². The minimum absolute atomic E-state index is 0.128. The molecule has 110 valence electrons. The lowest BCUT2D eigenvalue weighted by Crippen LogP contribution is -2.22. The Morgan fingerprint density at radius 3 is 2.71 bits per heavy atom. The lowest BCUT2D eigenvalue weighted by atomic mass is 10.2. The number of rotatable bonds is 4. The van der Waals surface area contributed by atoms with Crippen LogP contribution in [0.4, 0.5) is 15.8 Å². The standard InChI is InChI=1S/C16H17FN2OS/c1-10-8-13(18)6-7-15(10)19-16(20)11(2)21-14-5-3-4-12(17)9-14/h3-9,11H,18H2,1-2H3,(H,19,20). The van der Waals surface area contributed by atoms with Gasteiger partial charge in [-0.25, -0.2) is 4.39 Å². The molecule has 21 heavy (non-hydrogen) atoms. The number of carbonyl (C=O) groups is 1. The van der Waals surface area contributed by atoms with Gasteiger partial charge in [-0.2, -0.15) is 0 Å². The average molecular weight is 304 g/mol. The first-order valence-corrected chi connectivity index (χ1v) is 7.43. The normalized spacial score (nSPS) is 12.0. The molecular formula is C16H17FN2OS. The van der Waals surface area contributed by atoms with Gasteiger partial charge >= 0.3 is 0 Å². The summed E-state index contributed by atoms with van der Waals surface area (Å²) < 4.78 is 13.1. The highest BCUT2D eigenvalue weighted by Gasteiger charge is 2.15. The number of benzene rings is 2. The molecule has 0 saturated heterocycles. The molecule has 0 aliphatic rings. The smallest absolute Gasteiger partial charge is 0.237 e. The first-order valence-electron chi connectivity index (χ1n) is 6.55. The van der Waals surface area contributed by atoms with E-state index < -0.39 is 0 Å². The van der Waals surface area contributed by atoms with Crippen molar-refractivity contribution < 1.29 is 9.18 Å². The average Bonchev–Trinajstić information content (AvgIpc) is 2.41. The molecule has 1 atom stereocenters. The van der Waals surface area contributed by atoms with Gasteiger partial charge in [0.1, 0.15) is 5.82 Å². The Labute approximate surface area is 127 Å². The predicted octanol–water partition coefficient (Wildman–Crippen LogP) is 3.84.